The minimum Gasteiger partial charge on any atom is -0.206 e. The first-order chi connectivity index (χ1) is 10.7. The van der Waals surface area contributed by atoms with Crippen molar-refractivity contribution in [2.75, 3.05) is 0 Å². The molecule has 0 N–H and O–H groups in total. The topological polar surface area (TPSA) is 0 Å². The van der Waals surface area contributed by atoms with Crippen molar-refractivity contribution in [3.8, 4) is 11.1 Å². The zero-order chi connectivity index (χ0) is 15.5. The van der Waals surface area contributed by atoms with Crippen molar-refractivity contribution in [2.24, 2.45) is 5.92 Å². The normalized spacial score (nSPS) is 21.9. The predicted octanol–water partition coefficient (Wildman–Crippen LogP) is 4.86. The van der Waals surface area contributed by atoms with Crippen molar-refractivity contribution < 1.29 is 4.39 Å². The lowest BCUT2D eigenvalue weighted by Crippen LogP contribution is -2.13. The maximum absolute atomic E-state index is 14.5. The fourth-order valence-electron chi connectivity index (χ4n) is 3.66. The molecule has 0 heterocycles. The first kappa shape index (κ1) is 15.5. The molecular formula is C20H25FSi. The van der Waals surface area contributed by atoms with Crippen molar-refractivity contribution in [1.29, 1.82) is 0 Å². The Morgan fingerprint density at radius 2 is 1.68 bits per heavy atom. The van der Waals surface area contributed by atoms with Gasteiger partial charge in [0.2, 0.25) is 0 Å². The summed E-state index contributed by atoms with van der Waals surface area (Å²) >= 11 is 0. The molecule has 2 aromatic carbocycles. The van der Waals surface area contributed by atoms with Gasteiger partial charge in [-0.3, -0.25) is 0 Å². The van der Waals surface area contributed by atoms with E-state index >= 15 is 0 Å². The molecule has 116 valence electrons. The van der Waals surface area contributed by atoms with Gasteiger partial charge in [-0.1, -0.05) is 60.8 Å². The van der Waals surface area contributed by atoms with Gasteiger partial charge >= 0.3 is 0 Å². The summed E-state index contributed by atoms with van der Waals surface area (Å²) in [6.07, 6.45) is 5.12. The average Bonchev–Trinajstić information content (AvgIpc) is 2.56. The highest BCUT2D eigenvalue weighted by Crippen LogP contribution is 2.38. The minimum absolute atomic E-state index is 0.0774. The molecule has 0 saturated heterocycles. The molecule has 1 aliphatic carbocycles. The van der Waals surface area contributed by atoms with Crippen LogP contribution in [0.3, 0.4) is 0 Å². The van der Waals surface area contributed by atoms with Gasteiger partial charge in [-0.05, 0) is 48.8 Å². The Labute approximate surface area is 136 Å². The third-order valence-electron chi connectivity index (χ3n) is 5.25. The lowest BCUT2D eigenvalue weighted by atomic mass is 9.79. The smallest absolute Gasteiger partial charge is 0.131 e. The second-order valence-corrected chi connectivity index (χ2v) is 7.55. The molecule has 1 aliphatic rings. The van der Waals surface area contributed by atoms with E-state index in [1.807, 2.05) is 30.3 Å². The standard InChI is InChI=1S/C20H25FSi/c1-14-2-6-17(7-3-14)19-11-10-18(12-20(19)21)16-8-4-15(13-22)5-9-16/h2-3,6-7,10-12,15-16H,4-5,8-9,13H2,1,22H3. The van der Waals surface area contributed by atoms with Crippen LogP contribution in [0.25, 0.3) is 11.1 Å². The molecule has 0 nitrogen and oxygen atoms in total. The molecule has 0 radical (unpaired) electrons. The number of benzene rings is 2. The molecule has 1 saturated carbocycles. The van der Waals surface area contributed by atoms with Crippen LogP contribution < -0.4 is 0 Å². The summed E-state index contributed by atoms with van der Waals surface area (Å²) in [6.45, 7) is 2.05. The van der Waals surface area contributed by atoms with Crippen LogP contribution in [-0.2, 0) is 0 Å². The third kappa shape index (κ3) is 3.32. The van der Waals surface area contributed by atoms with Gasteiger partial charge in [0.1, 0.15) is 5.82 Å². The molecule has 22 heavy (non-hydrogen) atoms. The number of hydrogen-bond donors (Lipinski definition) is 0. The van der Waals surface area contributed by atoms with E-state index in [9.17, 15) is 4.39 Å². The van der Waals surface area contributed by atoms with Gasteiger partial charge in [-0.2, -0.15) is 0 Å². The number of aryl methyl sites for hydroxylation is 1. The Hall–Kier alpha value is -1.41. The van der Waals surface area contributed by atoms with Crippen molar-refractivity contribution >= 4 is 10.2 Å². The van der Waals surface area contributed by atoms with E-state index in [2.05, 4.69) is 13.0 Å². The van der Waals surface area contributed by atoms with E-state index in [1.165, 1.54) is 53.1 Å². The van der Waals surface area contributed by atoms with Gasteiger partial charge in [0.05, 0.1) is 0 Å². The highest BCUT2D eigenvalue weighted by Gasteiger charge is 2.22. The van der Waals surface area contributed by atoms with E-state index in [-0.39, 0.29) is 5.82 Å². The highest BCUT2D eigenvalue weighted by molar-refractivity contribution is 6.08. The molecule has 0 amide bonds. The van der Waals surface area contributed by atoms with Gasteiger partial charge in [-0.15, -0.1) is 0 Å². The van der Waals surface area contributed by atoms with Crippen LogP contribution in [0.15, 0.2) is 42.5 Å². The molecule has 2 aromatic rings. The van der Waals surface area contributed by atoms with Crippen molar-refractivity contribution in [2.45, 2.75) is 44.6 Å². The number of hydrogen-bond acceptors (Lipinski definition) is 0. The summed E-state index contributed by atoms with van der Waals surface area (Å²) in [5.74, 6) is 1.43. The van der Waals surface area contributed by atoms with Crippen LogP contribution in [0.2, 0.25) is 6.04 Å². The number of rotatable bonds is 3. The first-order valence-corrected chi connectivity index (χ1v) is 9.95. The Morgan fingerprint density at radius 1 is 1.00 bits per heavy atom. The van der Waals surface area contributed by atoms with E-state index < -0.39 is 0 Å². The fraction of sp³-hybridized carbons (Fsp3) is 0.400. The van der Waals surface area contributed by atoms with Gasteiger partial charge in [0.15, 0.2) is 0 Å². The summed E-state index contributed by atoms with van der Waals surface area (Å²) in [4.78, 5) is 0. The zero-order valence-electron chi connectivity index (χ0n) is 13.6. The maximum atomic E-state index is 14.5. The molecule has 1 fully saturated rings. The third-order valence-corrected chi connectivity index (χ3v) is 6.41. The Kier molecular flexibility index (Phi) is 4.77. The van der Waals surface area contributed by atoms with Crippen LogP contribution in [0.4, 0.5) is 4.39 Å². The largest absolute Gasteiger partial charge is 0.206 e. The molecule has 0 spiro atoms. The quantitative estimate of drug-likeness (QED) is 0.710. The molecule has 0 atom stereocenters. The maximum Gasteiger partial charge on any atom is 0.131 e. The van der Waals surface area contributed by atoms with Gasteiger partial charge in [-0.25, -0.2) is 4.39 Å². The van der Waals surface area contributed by atoms with Crippen molar-refractivity contribution in [3.05, 3.63) is 59.4 Å². The molecule has 0 aromatic heterocycles. The fourth-order valence-corrected chi connectivity index (χ4v) is 4.47. The SMILES string of the molecule is Cc1ccc(-c2ccc(C3CCC(C[SiH3])CC3)cc2F)cc1. The van der Waals surface area contributed by atoms with Crippen molar-refractivity contribution in [1.82, 2.24) is 0 Å². The molecular weight excluding hydrogens is 287 g/mol. The Balaban J connectivity index is 1.79. The average molecular weight is 313 g/mol. The Bertz CT molecular complexity index is 625. The van der Waals surface area contributed by atoms with E-state index in [4.69, 9.17) is 0 Å². The Morgan fingerprint density at radius 3 is 2.27 bits per heavy atom. The van der Waals surface area contributed by atoms with Crippen molar-refractivity contribution in [3.63, 3.8) is 0 Å². The van der Waals surface area contributed by atoms with Crippen LogP contribution in [0, 0.1) is 18.7 Å². The molecule has 3 rings (SSSR count). The lowest BCUT2D eigenvalue weighted by Gasteiger charge is -2.28. The lowest BCUT2D eigenvalue weighted by molar-refractivity contribution is 0.347. The summed E-state index contributed by atoms with van der Waals surface area (Å²) in [7, 11) is 1.32. The van der Waals surface area contributed by atoms with E-state index in [0.29, 0.717) is 5.92 Å². The monoisotopic (exact) mass is 312 g/mol. The highest BCUT2D eigenvalue weighted by atomic mass is 28.1. The minimum atomic E-state index is -0.0774. The first-order valence-electron chi connectivity index (χ1n) is 8.54. The van der Waals surface area contributed by atoms with E-state index in [1.54, 1.807) is 6.07 Å². The molecule has 0 bridgehead atoms. The van der Waals surface area contributed by atoms with Crippen LogP contribution in [-0.4, -0.2) is 10.2 Å². The van der Waals surface area contributed by atoms with Crippen LogP contribution in [0.5, 0.6) is 0 Å². The molecule has 0 aliphatic heterocycles. The molecule has 0 unspecified atom stereocenters. The predicted molar refractivity (Wildman–Crippen MR) is 96.0 cm³/mol. The van der Waals surface area contributed by atoms with Crippen LogP contribution >= 0.6 is 0 Å². The van der Waals surface area contributed by atoms with Crippen LogP contribution in [0.1, 0.15) is 42.7 Å². The second kappa shape index (κ2) is 6.78. The van der Waals surface area contributed by atoms with Gasteiger partial charge in [0, 0.05) is 15.8 Å². The molecule has 2 heteroatoms. The van der Waals surface area contributed by atoms with E-state index in [0.717, 1.165) is 17.0 Å². The van der Waals surface area contributed by atoms with Gasteiger partial charge in [0.25, 0.3) is 0 Å². The second-order valence-electron chi connectivity index (χ2n) is 6.73. The number of halogens is 1. The summed E-state index contributed by atoms with van der Waals surface area (Å²) < 4.78 is 14.5. The zero-order valence-corrected chi connectivity index (χ0v) is 15.6. The summed E-state index contributed by atoms with van der Waals surface area (Å²) in [6, 6.07) is 15.4. The summed E-state index contributed by atoms with van der Waals surface area (Å²) in [5.41, 5.74) is 4.09. The summed E-state index contributed by atoms with van der Waals surface area (Å²) in [5, 5.41) is 0. The van der Waals surface area contributed by atoms with Gasteiger partial charge < -0.3 is 0 Å².